The number of rotatable bonds is 6. The zero-order valence-electron chi connectivity index (χ0n) is 11.4. The monoisotopic (exact) mass is 289 g/mol. The largest absolute Gasteiger partial charge is 0.507 e. The molecule has 1 aliphatic rings. The fraction of sp³-hybridized carbons (Fsp3) is 0.312. The minimum Gasteiger partial charge on any atom is -0.507 e. The fourth-order valence-electron chi connectivity index (χ4n) is 2.34. The van der Waals surface area contributed by atoms with Gasteiger partial charge >= 0.3 is 0 Å². The van der Waals surface area contributed by atoms with E-state index in [0.717, 1.165) is 23.1 Å². The van der Waals surface area contributed by atoms with Crippen LogP contribution in [0.2, 0.25) is 0 Å². The van der Waals surface area contributed by atoms with E-state index in [0.29, 0.717) is 18.7 Å². The minimum atomic E-state index is -0.114. The SMILES string of the molecule is C=CCc1cc(CC=C)c(O)c(CC2SCNC2=O)c1. The van der Waals surface area contributed by atoms with Crippen LogP contribution in [0.1, 0.15) is 16.7 Å². The van der Waals surface area contributed by atoms with Gasteiger partial charge in [0.2, 0.25) is 5.91 Å². The van der Waals surface area contributed by atoms with Crippen molar-refractivity contribution < 1.29 is 9.90 Å². The van der Waals surface area contributed by atoms with Crippen molar-refractivity contribution in [3.63, 3.8) is 0 Å². The lowest BCUT2D eigenvalue weighted by molar-refractivity contribution is -0.119. The molecule has 0 aromatic heterocycles. The molecular weight excluding hydrogens is 270 g/mol. The number of amides is 1. The lowest BCUT2D eigenvalue weighted by atomic mass is 9.97. The summed E-state index contributed by atoms with van der Waals surface area (Å²) >= 11 is 1.58. The molecule has 106 valence electrons. The molecule has 20 heavy (non-hydrogen) atoms. The summed E-state index contributed by atoms with van der Waals surface area (Å²) in [5.74, 6) is 0.989. The second kappa shape index (κ2) is 6.66. The van der Waals surface area contributed by atoms with Crippen LogP contribution in [0.5, 0.6) is 5.75 Å². The second-order valence-electron chi connectivity index (χ2n) is 4.79. The Labute approximate surface area is 123 Å². The van der Waals surface area contributed by atoms with Crippen LogP contribution in [0.3, 0.4) is 0 Å². The first kappa shape index (κ1) is 14.7. The summed E-state index contributed by atoms with van der Waals surface area (Å²) in [4.78, 5) is 11.7. The summed E-state index contributed by atoms with van der Waals surface area (Å²) in [5.41, 5.74) is 2.79. The maximum Gasteiger partial charge on any atom is 0.234 e. The highest BCUT2D eigenvalue weighted by atomic mass is 32.2. The number of carbonyl (C=O) groups is 1. The third-order valence-electron chi connectivity index (χ3n) is 3.30. The number of allylic oxidation sites excluding steroid dienone is 2. The van der Waals surface area contributed by atoms with Crippen LogP contribution in [0.25, 0.3) is 0 Å². The predicted molar refractivity (Wildman–Crippen MR) is 84.0 cm³/mol. The smallest absolute Gasteiger partial charge is 0.234 e. The molecular formula is C16H19NO2S. The fourth-order valence-corrected chi connectivity index (χ4v) is 3.30. The third-order valence-corrected chi connectivity index (χ3v) is 4.39. The number of benzene rings is 1. The van der Waals surface area contributed by atoms with Gasteiger partial charge in [-0.1, -0.05) is 24.3 Å². The number of thioether (sulfide) groups is 1. The number of hydrogen-bond acceptors (Lipinski definition) is 3. The zero-order chi connectivity index (χ0) is 14.5. The predicted octanol–water partition coefficient (Wildman–Crippen LogP) is 2.58. The Morgan fingerprint density at radius 1 is 1.30 bits per heavy atom. The summed E-state index contributed by atoms with van der Waals surface area (Å²) in [5, 5.41) is 13.0. The first-order valence-electron chi connectivity index (χ1n) is 6.60. The molecule has 1 atom stereocenters. The number of carbonyl (C=O) groups excluding carboxylic acids is 1. The van der Waals surface area contributed by atoms with E-state index in [4.69, 9.17) is 0 Å². The Hall–Kier alpha value is -1.68. The van der Waals surface area contributed by atoms with E-state index in [1.165, 1.54) is 0 Å². The molecule has 1 aliphatic heterocycles. The van der Waals surface area contributed by atoms with E-state index in [1.807, 2.05) is 18.2 Å². The quantitative estimate of drug-likeness (QED) is 0.791. The first-order valence-corrected chi connectivity index (χ1v) is 7.65. The molecule has 1 heterocycles. The second-order valence-corrected chi connectivity index (χ2v) is 5.98. The molecule has 2 N–H and O–H groups in total. The van der Waals surface area contributed by atoms with Crippen LogP contribution in [-0.4, -0.2) is 22.1 Å². The number of aromatic hydroxyl groups is 1. The van der Waals surface area contributed by atoms with Crippen molar-refractivity contribution in [2.75, 3.05) is 5.88 Å². The van der Waals surface area contributed by atoms with Gasteiger partial charge in [-0.2, -0.15) is 0 Å². The molecule has 3 nitrogen and oxygen atoms in total. The molecule has 0 aliphatic carbocycles. The molecule has 2 rings (SSSR count). The summed E-state index contributed by atoms with van der Waals surface area (Å²) < 4.78 is 0. The van der Waals surface area contributed by atoms with E-state index in [-0.39, 0.29) is 16.9 Å². The lowest BCUT2D eigenvalue weighted by Gasteiger charge is -2.13. The zero-order valence-corrected chi connectivity index (χ0v) is 12.2. The average molecular weight is 289 g/mol. The van der Waals surface area contributed by atoms with E-state index in [2.05, 4.69) is 18.5 Å². The normalized spacial score (nSPS) is 17.8. The third kappa shape index (κ3) is 3.25. The molecule has 1 aromatic carbocycles. The van der Waals surface area contributed by atoms with Gasteiger partial charge in [-0.15, -0.1) is 24.9 Å². The molecule has 1 aromatic rings. The number of phenolic OH excluding ortho intramolecular Hbond substituents is 1. The van der Waals surface area contributed by atoms with Gasteiger partial charge in [-0.3, -0.25) is 4.79 Å². The Kier molecular flexibility index (Phi) is 4.90. The van der Waals surface area contributed by atoms with Crippen molar-refractivity contribution in [1.29, 1.82) is 0 Å². The summed E-state index contributed by atoms with van der Waals surface area (Å²) in [6.07, 6.45) is 5.53. The Bertz CT molecular complexity index is 540. The van der Waals surface area contributed by atoms with Gasteiger partial charge in [0.25, 0.3) is 0 Å². The molecule has 0 bridgehead atoms. The van der Waals surface area contributed by atoms with Crippen molar-refractivity contribution in [2.24, 2.45) is 0 Å². The van der Waals surface area contributed by atoms with E-state index < -0.39 is 0 Å². The Morgan fingerprint density at radius 3 is 2.60 bits per heavy atom. The maximum atomic E-state index is 11.7. The van der Waals surface area contributed by atoms with Gasteiger partial charge in [0, 0.05) is 0 Å². The van der Waals surface area contributed by atoms with E-state index in [1.54, 1.807) is 17.8 Å². The van der Waals surface area contributed by atoms with Gasteiger partial charge in [0.1, 0.15) is 5.75 Å². The summed E-state index contributed by atoms with van der Waals surface area (Å²) in [6.45, 7) is 7.47. The molecule has 1 fully saturated rings. The number of nitrogens with one attached hydrogen (secondary N) is 1. The van der Waals surface area contributed by atoms with Crippen molar-refractivity contribution in [3.05, 3.63) is 54.1 Å². The molecule has 0 saturated carbocycles. The maximum absolute atomic E-state index is 11.7. The molecule has 0 spiro atoms. The summed E-state index contributed by atoms with van der Waals surface area (Å²) in [6, 6.07) is 3.94. The van der Waals surface area contributed by atoms with Gasteiger partial charge < -0.3 is 10.4 Å². The molecule has 4 heteroatoms. The van der Waals surface area contributed by atoms with Gasteiger partial charge in [-0.25, -0.2) is 0 Å². The molecule has 1 unspecified atom stereocenters. The van der Waals surface area contributed by atoms with Crippen molar-refractivity contribution in [3.8, 4) is 5.75 Å². The van der Waals surface area contributed by atoms with Crippen molar-refractivity contribution in [1.82, 2.24) is 5.32 Å². The lowest BCUT2D eigenvalue weighted by Crippen LogP contribution is -2.24. The van der Waals surface area contributed by atoms with Crippen LogP contribution >= 0.6 is 11.8 Å². The average Bonchev–Trinajstić information content (AvgIpc) is 2.81. The molecule has 1 saturated heterocycles. The van der Waals surface area contributed by atoms with Crippen LogP contribution in [0.4, 0.5) is 0 Å². The van der Waals surface area contributed by atoms with Gasteiger partial charge in [0.05, 0.1) is 11.1 Å². The highest BCUT2D eigenvalue weighted by Crippen LogP contribution is 2.30. The summed E-state index contributed by atoms with van der Waals surface area (Å²) in [7, 11) is 0. The van der Waals surface area contributed by atoms with Crippen molar-refractivity contribution in [2.45, 2.75) is 24.5 Å². The van der Waals surface area contributed by atoms with Crippen LogP contribution in [-0.2, 0) is 24.1 Å². The van der Waals surface area contributed by atoms with Crippen LogP contribution in [0, 0.1) is 0 Å². The van der Waals surface area contributed by atoms with Crippen LogP contribution < -0.4 is 5.32 Å². The highest BCUT2D eigenvalue weighted by molar-refractivity contribution is 8.01. The first-order chi connectivity index (χ1) is 9.65. The van der Waals surface area contributed by atoms with Crippen LogP contribution in [0.15, 0.2) is 37.4 Å². The van der Waals surface area contributed by atoms with E-state index >= 15 is 0 Å². The Morgan fingerprint density at radius 2 is 2.00 bits per heavy atom. The van der Waals surface area contributed by atoms with Gasteiger partial charge in [0.15, 0.2) is 0 Å². The van der Waals surface area contributed by atoms with Gasteiger partial charge in [-0.05, 0) is 36.0 Å². The highest BCUT2D eigenvalue weighted by Gasteiger charge is 2.26. The minimum absolute atomic E-state index is 0.0498. The van der Waals surface area contributed by atoms with E-state index in [9.17, 15) is 9.90 Å². The molecule has 1 amide bonds. The van der Waals surface area contributed by atoms with Crippen molar-refractivity contribution >= 4 is 17.7 Å². The topological polar surface area (TPSA) is 49.3 Å². The molecule has 0 radical (unpaired) electrons. The Balaban J connectivity index is 2.31. The number of hydrogen-bond donors (Lipinski definition) is 2. The standard InChI is InChI=1S/C16H19NO2S/c1-3-5-11-7-12(6-4-2)15(18)13(8-11)9-14-16(19)17-10-20-14/h3-4,7-8,14,18H,1-2,5-6,9-10H2,(H,17,19). The number of phenols is 1.